The third-order valence-electron chi connectivity index (χ3n) is 3.89. The van der Waals surface area contributed by atoms with Crippen molar-refractivity contribution in [2.45, 2.75) is 64.9 Å². The van der Waals surface area contributed by atoms with Gasteiger partial charge in [0, 0.05) is 0 Å². The molecule has 0 unspecified atom stereocenters. The molecular formula is C12H24O. The summed E-state index contributed by atoms with van der Waals surface area (Å²) in [7, 11) is 0. The minimum Gasteiger partial charge on any atom is -0.390 e. The molecule has 1 N–H and O–H groups in total. The van der Waals surface area contributed by atoms with Gasteiger partial charge in [-0.25, -0.2) is 0 Å². The summed E-state index contributed by atoms with van der Waals surface area (Å²) in [6, 6.07) is 0. The van der Waals surface area contributed by atoms with Gasteiger partial charge in [-0.2, -0.15) is 0 Å². The van der Waals surface area contributed by atoms with E-state index in [-0.39, 0.29) is 5.60 Å². The lowest BCUT2D eigenvalue weighted by Gasteiger charge is -2.40. The topological polar surface area (TPSA) is 20.2 Å². The molecule has 1 nitrogen and oxygen atoms in total. The van der Waals surface area contributed by atoms with Crippen molar-refractivity contribution in [3.8, 4) is 0 Å². The molecular weight excluding hydrogens is 160 g/mol. The van der Waals surface area contributed by atoms with Crippen LogP contribution in [-0.4, -0.2) is 10.7 Å². The molecule has 1 aliphatic carbocycles. The minimum absolute atomic E-state index is 0.323. The summed E-state index contributed by atoms with van der Waals surface area (Å²) in [5, 5.41) is 10.4. The molecule has 0 heterocycles. The van der Waals surface area contributed by atoms with E-state index in [2.05, 4.69) is 20.8 Å². The second-order valence-corrected chi connectivity index (χ2v) is 4.80. The van der Waals surface area contributed by atoms with E-state index in [0.717, 1.165) is 31.6 Å². The van der Waals surface area contributed by atoms with Crippen molar-refractivity contribution in [2.75, 3.05) is 0 Å². The zero-order chi connectivity index (χ0) is 9.90. The molecule has 1 aliphatic rings. The van der Waals surface area contributed by atoms with E-state index in [9.17, 15) is 5.11 Å². The number of hydrogen-bond donors (Lipinski definition) is 1. The second-order valence-electron chi connectivity index (χ2n) is 4.80. The standard InChI is InChI=1S/C12H24O/c1-4-11(5-2)12(13)8-6-10(3)7-9-12/h10-11,13H,4-9H2,1-3H3. The van der Waals surface area contributed by atoms with Gasteiger partial charge in [0.25, 0.3) is 0 Å². The summed E-state index contributed by atoms with van der Waals surface area (Å²) in [4.78, 5) is 0. The molecule has 1 heteroatoms. The van der Waals surface area contributed by atoms with Crippen LogP contribution in [0.25, 0.3) is 0 Å². The maximum atomic E-state index is 10.4. The molecule has 0 aromatic carbocycles. The van der Waals surface area contributed by atoms with Crippen molar-refractivity contribution >= 4 is 0 Å². The monoisotopic (exact) mass is 184 g/mol. The molecule has 0 bridgehead atoms. The highest BCUT2D eigenvalue weighted by molar-refractivity contribution is 4.89. The largest absolute Gasteiger partial charge is 0.390 e. The smallest absolute Gasteiger partial charge is 0.0675 e. The van der Waals surface area contributed by atoms with Crippen LogP contribution < -0.4 is 0 Å². The summed E-state index contributed by atoms with van der Waals surface area (Å²) in [6.07, 6.45) is 6.74. The van der Waals surface area contributed by atoms with Gasteiger partial charge in [-0.1, -0.05) is 33.6 Å². The summed E-state index contributed by atoms with van der Waals surface area (Å²) < 4.78 is 0. The van der Waals surface area contributed by atoms with Gasteiger partial charge in [0.15, 0.2) is 0 Å². The fourth-order valence-corrected chi connectivity index (χ4v) is 2.72. The Balaban J connectivity index is 2.54. The van der Waals surface area contributed by atoms with Gasteiger partial charge in [-0.15, -0.1) is 0 Å². The molecule has 0 spiro atoms. The van der Waals surface area contributed by atoms with Crippen molar-refractivity contribution < 1.29 is 5.11 Å². The third kappa shape index (κ3) is 2.46. The maximum absolute atomic E-state index is 10.4. The van der Waals surface area contributed by atoms with Crippen LogP contribution >= 0.6 is 0 Å². The lowest BCUT2D eigenvalue weighted by Crippen LogP contribution is -2.40. The lowest BCUT2D eigenvalue weighted by molar-refractivity contribution is -0.0603. The molecule has 1 rings (SSSR count). The molecule has 0 atom stereocenters. The number of aliphatic hydroxyl groups is 1. The first-order valence-corrected chi connectivity index (χ1v) is 5.84. The highest BCUT2D eigenvalue weighted by Gasteiger charge is 2.37. The van der Waals surface area contributed by atoms with Gasteiger partial charge in [-0.3, -0.25) is 0 Å². The Morgan fingerprint density at radius 2 is 1.69 bits per heavy atom. The molecule has 0 aromatic rings. The molecule has 0 saturated heterocycles. The Kier molecular flexibility index (Phi) is 3.78. The molecule has 0 aromatic heterocycles. The van der Waals surface area contributed by atoms with Crippen LogP contribution in [0.2, 0.25) is 0 Å². The second kappa shape index (κ2) is 4.45. The first-order chi connectivity index (χ1) is 6.12. The van der Waals surface area contributed by atoms with Crippen LogP contribution in [0.4, 0.5) is 0 Å². The van der Waals surface area contributed by atoms with E-state index in [1.807, 2.05) is 0 Å². The van der Waals surface area contributed by atoms with Crippen molar-refractivity contribution in [2.24, 2.45) is 11.8 Å². The van der Waals surface area contributed by atoms with Crippen molar-refractivity contribution in [1.29, 1.82) is 0 Å². The Bertz CT molecular complexity index is 141. The van der Waals surface area contributed by atoms with Gasteiger partial charge in [0.1, 0.15) is 0 Å². The van der Waals surface area contributed by atoms with Crippen LogP contribution in [-0.2, 0) is 0 Å². The predicted molar refractivity (Wildman–Crippen MR) is 56.7 cm³/mol. The third-order valence-corrected chi connectivity index (χ3v) is 3.89. The predicted octanol–water partition coefficient (Wildman–Crippen LogP) is 3.36. The van der Waals surface area contributed by atoms with Crippen LogP contribution in [0.3, 0.4) is 0 Å². The fraction of sp³-hybridized carbons (Fsp3) is 1.00. The first kappa shape index (κ1) is 11.0. The Labute approximate surface area is 82.5 Å². The zero-order valence-electron chi connectivity index (χ0n) is 9.34. The number of rotatable bonds is 3. The van der Waals surface area contributed by atoms with Crippen LogP contribution in [0.5, 0.6) is 0 Å². The zero-order valence-corrected chi connectivity index (χ0v) is 9.34. The summed E-state index contributed by atoms with van der Waals surface area (Å²) in [6.45, 7) is 6.70. The molecule has 78 valence electrons. The Morgan fingerprint density at radius 1 is 1.23 bits per heavy atom. The highest BCUT2D eigenvalue weighted by atomic mass is 16.3. The molecule has 13 heavy (non-hydrogen) atoms. The van der Waals surface area contributed by atoms with E-state index in [1.54, 1.807) is 0 Å². The normalized spacial score (nSPS) is 35.3. The van der Waals surface area contributed by atoms with Crippen LogP contribution in [0, 0.1) is 11.8 Å². The van der Waals surface area contributed by atoms with Gasteiger partial charge in [-0.05, 0) is 37.5 Å². The van der Waals surface area contributed by atoms with Crippen LogP contribution in [0.1, 0.15) is 59.3 Å². The molecule has 1 saturated carbocycles. The Morgan fingerprint density at radius 3 is 2.08 bits per heavy atom. The van der Waals surface area contributed by atoms with Crippen molar-refractivity contribution in [3.05, 3.63) is 0 Å². The van der Waals surface area contributed by atoms with E-state index in [4.69, 9.17) is 0 Å². The average molecular weight is 184 g/mol. The first-order valence-electron chi connectivity index (χ1n) is 5.84. The molecule has 0 radical (unpaired) electrons. The van der Waals surface area contributed by atoms with Gasteiger partial charge in [0.05, 0.1) is 5.60 Å². The SMILES string of the molecule is CCC(CC)C1(O)CCC(C)CC1. The van der Waals surface area contributed by atoms with Gasteiger partial charge in [0.2, 0.25) is 0 Å². The van der Waals surface area contributed by atoms with Gasteiger partial charge < -0.3 is 5.11 Å². The van der Waals surface area contributed by atoms with E-state index in [0.29, 0.717) is 5.92 Å². The number of hydrogen-bond acceptors (Lipinski definition) is 1. The molecule has 0 aliphatic heterocycles. The van der Waals surface area contributed by atoms with Crippen molar-refractivity contribution in [1.82, 2.24) is 0 Å². The minimum atomic E-state index is -0.323. The lowest BCUT2D eigenvalue weighted by atomic mass is 9.71. The van der Waals surface area contributed by atoms with Crippen molar-refractivity contribution in [3.63, 3.8) is 0 Å². The quantitative estimate of drug-likeness (QED) is 0.713. The van der Waals surface area contributed by atoms with Crippen LogP contribution in [0.15, 0.2) is 0 Å². The fourth-order valence-electron chi connectivity index (χ4n) is 2.72. The maximum Gasteiger partial charge on any atom is 0.0675 e. The summed E-state index contributed by atoms with van der Waals surface area (Å²) in [5.74, 6) is 1.36. The van der Waals surface area contributed by atoms with E-state index < -0.39 is 0 Å². The average Bonchev–Trinajstić information content (AvgIpc) is 2.13. The van der Waals surface area contributed by atoms with E-state index >= 15 is 0 Å². The Hall–Kier alpha value is -0.0400. The molecule has 0 amide bonds. The van der Waals surface area contributed by atoms with Gasteiger partial charge >= 0.3 is 0 Å². The summed E-state index contributed by atoms with van der Waals surface area (Å²) >= 11 is 0. The summed E-state index contributed by atoms with van der Waals surface area (Å²) in [5.41, 5.74) is -0.323. The highest BCUT2D eigenvalue weighted by Crippen LogP contribution is 2.39. The molecule has 1 fully saturated rings. The van der Waals surface area contributed by atoms with E-state index in [1.165, 1.54) is 12.8 Å².